The van der Waals surface area contributed by atoms with Crippen LogP contribution in [-0.2, 0) is 14.4 Å². The van der Waals surface area contributed by atoms with Gasteiger partial charge in [-0.1, -0.05) is 0 Å². The van der Waals surface area contributed by atoms with E-state index in [1.165, 1.54) is 6.92 Å². The van der Waals surface area contributed by atoms with Crippen molar-refractivity contribution in [3.63, 3.8) is 0 Å². The van der Waals surface area contributed by atoms with Crippen molar-refractivity contribution in [1.29, 1.82) is 0 Å². The standard InChI is InChI=1S/C9H16N2O6/c1-4(12)7(9(16)17)11-6(13)3-2-5(10)8(14)15/h4-5,7,12H,2-3,10H2,1H3,(H,11,13)(H,14,15)(H,16,17)/p-1/t4-,5+,7+/m1/s1. The molecule has 8 nitrogen and oxygen atoms in total. The molecule has 0 spiro atoms. The lowest BCUT2D eigenvalue weighted by molar-refractivity contribution is -0.438. The van der Waals surface area contributed by atoms with Crippen molar-refractivity contribution in [2.75, 3.05) is 0 Å². The highest BCUT2D eigenvalue weighted by Crippen LogP contribution is 1.96. The lowest BCUT2D eigenvalue weighted by Gasteiger charge is -2.22. The Bertz CT molecular complexity index is 304. The monoisotopic (exact) mass is 247 g/mol. The Kier molecular flexibility index (Phi) is 6.15. The highest BCUT2D eigenvalue weighted by molar-refractivity contribution is 5.83. The number of quaternary nitrogens is 1. The molecule has 0 radical (unpaired) electrons. The normalized spacial score (nSPS) is 15.7. The maximum atomic E-state index is 11.2. The van der Waals surface area contributed by atoms with Gasteiger partial charge in [-0.15, -0.1) is 0 Å². The number of aliphatic carboxylic acids is 2. The molecule has 0 aromatic heterocycles. The average molecular weight is 247 g/mol. The van der Waals surface area contributed by atoms with Gasteiger partial charge in [-0.3, -0.25) is 4.79 Å². The van der Waals surface area contributed by atoms with Gasteiger partial charge in [-0.05, 0) is 6.92 Å². The van der Waals surface area contributed by atoms with E-state index in [2.05, 4.69) is 5.73 Å². The van der Waals surface area contributed by atoms with E-state index in [-0.39, 0.29) is 12.8 Å². The van der Waals surface area contributed by atoms with Gasteiger partial charge in [0.05, 0.1) is 24.1 Å². The van der Waals surface area contributed by atoms with Gasteiger partial charge < -0.3 is 36.0 Å². The van der Waals surface area contributed by atoms with Gasteiger partial charge in [0.25, 0.3) is 0 Å². The SMILES string of the molecule is C[C@@H](O)[C@H](NC(=O)CC[C@H]([NH3+])C(=O)[O-])C(=O)[O-]. The summed E-state index contributed by atoms with van der Waals surface area (Å²) < 4.78 is 0. The maximum Gasteiger partial charge on any atom is 0.220 e. The Hall–Kier alpha value is -1.67. The van der Waals surface area contributed by atoms with Gasteiger partial charge in [0.15, 0.2) is 0 Å². The molecule has 0 aromatic carbocycles. The van der Waals surface area contributed by atoms with Crippen LogP contribution in [0.15, 0.2) is 0 Å². The summed E-state index contributed by atoms with van der Waals surface area (Å²) in [5, 5.41) is 31.9. The van der Waals surface area contributed by atoms with Crippen molar-refractivity contribution in [2.45, 2.75) is 38.0 Å². The molecular weight excluding hydrogens is 232 g/mol. The third kappa shape index (κ3) is 5.83. The number of carbonyl (C=O) groups excluding carboxylic acids is 3. The number of carboxylic acid groups (broad SMARTS) is 2. The Morgan fingerprint density at radius 3 is 2.18 bits per heavy atom. The van der Waals surface area contributed by atoms with Gasteiger partial charge in [-0.25, -0.2) is 0 Å². The number of rotatable bonds is 7. The summed E-state index contributed by atoms with van der Waals surface area (Å²) in [6, 6.07) is -2.57. The molecule has 0 aliphatic heterocycles. The zero-order valence-electron chi connectivity index (χ0n) is 9.34. The largest absolute Gasteiger partial charge is 0.548 e. The highest BCUT2D eigenvalue weighted by Gasteiger charge is 2.19. The zero-order valence-corrected chi connectivity index (χ0v) is 9.34. The Morgan fingerprint density at radius 2 is 1.82 bits per heavy atom. The average Bonchev–Trinajstić information content (AvgIpc) is 2.21. The zero-order chi connectivity index (χ0) is 13.6. The maximum absolute atomic E-state index is 11.2. The summed E-state index contributed by atoms with van der Waals surface area (Å²) in [5.41, 5.74) is 3.24. The number of aliphatic hydroxyl groups excluding tert-OH is 1. The first-order valence-electron chi connectivity index (χ1n) is 4.98. The van der Waals surface area contributed by atoms with Gasteiger partial charge in [0, 0.05) is 12.8 Å². The summed E-state index contributed by atoms with van der Waals surface area (Å²) in [6.45, 7) is 1.19. The third-order valence-electron chi connectivity index (χ3n) is 2.11. The number of carbonyl (C=O) groups is 3. The lowest BCUT2D eigenvalue weighted by atomic mass is 10.1. The van der Waals surface area contributed by atoms with Crippen LogP contribution < -0.4 is 21.3 Å². The van der Waals surface area contributed by atoms with E-state index >= 15 is 0 Å². The lowest BCUT2D eigenvalue weighted by Crippen LogP contribution is -2.68. The predicted octanol–water partition coefficient (Wildman–Crippen LogP) is -5.26. The molecule has 0 aliphatic rings. The van der Waals surface area contributed by atoms with Crippen LogP contribution in [0.5, 0.6) is 0 Å². The van der Waals surface area contributed by atoms with E-state index in [4.69, 9.17) is 5.11 Å². The molecule has 0 fully saturated rings. The van der Waals surface area contributed by atoms with E-state index in [1.807, 2.05) is 5.32 Å². The fraction of sp³-hybridized carbons (Fsp3) is 0.667. The van der Waals surface area contributed by atoms with Crippen molar-refractivity contribution >= 4 is 17.8 Å². The van der Waals surface area contributed by atoms with Crippen LogP contribution in [0.3, 0.4) is 0 Å². The number of hydrogen-bond donors (Lipinski definition) is 3. The summed E-state index contributed by atoms with van der Waals surface area (Å²) in [7, 11) is 0. The molecule has 0 rings (SSSR count). The summed E-state index contributed by atoms with van der Waals surface area (Å²) in [4.78, 5) is 32.1. The van der Waals surface area contributed by atoms with Crippen molar-refractivity contribution in [2.24, 2.45) is 0 Å². The first-order valence-corrected chi connectivity index (χ1v) is 4.98. The number of nitrogens with one attached hydrogen (secondary N) is 1. The van der Waals surface area contributed by atoms with Gasteiger partial charge >= 0.3 is 0 Å². The second-order valence-corrected chi connectivity index (χ2v) is 3.66. The molecule has 0 unspecified atom stereocenters. The number of carboxylic acids is 2. The van der Waals surface area contributed by atoms with Gasteiger partial charge in [-0.2, -0.15) is 0 Å². The van der Waals surface area contributed by atoms with Crippen molar-refractivity contribution < 1.29 is 35.4 Å². The molecule has 0 heterocycles. The second kappa shape index (κ2) is 6.81. The van der Waals surface area contributed by atoms with Gasteiger partial charge in [0.1, 0.15) is 6.04 Å². The number of hydrogen-bond acceptors (Lipinski definition) is 6. The van der Waals surface area contributed by atoms with E-state index in [9.17, 15) is 24.6 Å². The molecule has 0 aliphatic carbocycles. The van der Waals surface area contributed by atoms with Crippen molar-refractivity contribution in [3.8, 4) is 0 Å². The summed E-state index contributed by atoms with van der Waals surface area (Å²) >= 11 is 0. The van der Waals surface area contributed by atoms with Crippen molar-refractivity contribution in [3.05, 3.63) is 0 Å². The van der Waals surface area contributed by atoms with Crippen LogP contribution in [0.1, 0.15) is 19.8 Å². The quantitative estimate of drug-likeness (QED) is 0.407. The Morgan fingerprint density at radius 1 is 1.29 bits per heavy atom. The number of aliphatic hydroxyl groups is 1. The molecule has 5 N–H and O–H groups in total. The second-order valence-electron chi connectivity index (χ2n) is 3.66. The Balaban J connectivity index is 4.16. The molecule has 8 heteroatoms. The van der Waals surface area contributed by atoms with Crippen LogP contribution in [0.4, 0.5) is 0 Å². The topological polar surface area (TPSA) is 157 Å². The predicted molar refractivity (Wildman–Crippen MR) is 49.5 cm³/mol. The minimum Gasteiger partial charge on any atom is -0.548 e. The van der Waals surface area contributed by atoms with E-state index in [0.29, 0.717) is 0 Å². The van der Waals surface area contributed by atoms with Crippen molar-refractivity contribution in [1.82, 2.24) is 5.32 Å². The molecule has 0 bridgehead atoms. The minimum absolute atomic E-state index is 0.0757. The molecule has 0 saturated carbocycles. The first kappa shape index (κ1) is 15.3. The molecule has 3 atom stereocenters. The number of amides is 1. The van der Waals surface area contributed by atoms with E-state index in [1.54, 1.807) is 0 Å². The highest BCUT2D eigenvalue weighted by atomic mass is 16.4. The van der Waals surface area contributed by atoms with Crippen LogP contribution in [0.25, 0.3) is 0 Å². The van der Waals surface area contributed by atoms with E-state index in [0.717, 1.165) is 0 Å². The van der Waals surface area contributed by atoms with Crippen LogP contribution in [0, 0.1) is 0 Å². The molecule has 0 saturated heterocycles. The Labute approximate surface area is 97.4 Å². The first-order chi connectivity index (χ1) is 7.75. The fourth-order valence-corrected chi connectivity index (χ4v) is 1.05. The molecule has 98 valence electrons. The van der Waals surface area contributed by atoms with E-state index < -0.39 is 36.0 Å². The molecule has 17 heavy (non-hydrogen) atoms. The summed E-state index contributed by atoms with van der Waals surface area (Å²) in [6.07, 6.45) is -1.60. The minimum atomic E-state index is -1.61. The molecule has 0 aromatic rings. The molecular formula is C9H15N2O6-. The smallest absolute Gasteiger partial charge is 0.220 e. The van der Waals surface area contributed by atoms with Crippen LogP contribution >= 0.6 is 0 Å². The third-order valence-corrected chi connectivity index (χ3v) is 2.11. The fourth-order valence-electron chi connectivity index (χ4n) is 1.05. The van der Waals surface area contributed by atoms with Crippen LogP contribution in [-0.4, -0.2) is 41.1 Å². The molecule has 1 amide bonds. The van der Waals surface area contributed by atoms with Gasteiger partial charge in [0.2, 0.25) is 5.91 Å². The summed E-state index contributed by atoms with van der Waals surface area (Å²) in [5.74, 6) is -3.70. The van der Waals surface area contributed by atoms with Crippen LogP contribution in [0.2, 0.25) is 0 Å².